The van der Waals surface area contributed by atoms with Crippen LogP contribution in [0.4, 0.5) is 5.69 Å². The normalized spacial score (nSPS) is 12.3. The smallest absolute Gasteiger partial charge is 0.307 e. The Labute approximate surface area is 158 Å². The first-order chi connectivity index (χ1) is 12.0. The zero-order valence-corrected chi connectivity index (χ0v) is 16.2. The highest BCUT2D eigenvalue weighted by atomic mass is 35.5. The number of halogens is 1. The number of hydrogen-bond donors (Lipinski definition) is 1. The lowest BCUT2D eigenvalue weighted by Gasteiger charge is -2.15. The van der Waals surface area contributed by atoms with Gasteiger partial charge in [0.1, 0.15) is 0 Å². The van der Waals surface area contributed by atoms with Gasteiger partial charge in [0.2, 0.25) is 5.91 Å². The average Bonchev–Trinajstić information content (AvgIpc) is 2.88. The molecular formula is C18H17ClN2O2S2. The second kappa shape index (κ2) is 7.64. The van der Waals surface area contributed by atoms with E-state index in [1.165, 1.54) is 23.1 Å². The number of thioether (sulfide) groups is 1. The summed E-state index contributed by atoms with van der Waals surface area (Å²) in [4.78, 5) is 25.3. The van der Waals surface area contributed by atoms with Crippen molar-refractivity contribution in [1.82, 2.24) is 4.57 Å². The molecule has 0 aliphatic heterocycles. The minimum Gasteiger partial charge on any atom is -0.325 e. The Morgan fingerprint density at radius 1 is 1.28 bits per heavy atom. The Hall–Kier alpha value is -1.76. The Kier molecular flexibility index (Phi) is 5.51. The monoisotopic (exact) mass is 392 g/mol. The maximum Gasteiger partial charge on any atom is 0.307 e. The summed E-state index contributed by atoms with van der Waals surface area (Å²) in [5.41, 5.74) is 1.57. The number of aryl methyl sites for hydroxylation is 1. The maximum atomic E-state index is 12.6. The van der Waals surface area contributed by atoms with E-state index in [4.69, 9.17) is 11.6 Å². The van der Waals surface area contributed by atoms with Crippen molar-refractivity contribution in [3.05, 3.63) is 57.2 Å². The van der Waals surface area contributed by atoms with E-state index in [-0.39, 0.29) is 16.0 Å². The lowest BCUT2D eigenvalue weighted by atomic mass is 10.2. The molecule has 0 fully saturated rings. The van der Waals surface area contributed by atoms with E-state index in [1.54, 1.807) is 11.6 Å². The summed E-state index contributed by atoms with van der Waals surface area (Å²) in [6.07, 6.45) is 0.708. The first kappa shape index (κ1) is 18.0. The zero-order valence-electron chi connectivity index (χ0n) is 13.8. The molecule has 0 saturated carbocycles. The predicted molar refractivity (Wildman–Crippen MR) is 107 cm³/mol. The van der Waals surface area contributed by atoms with Crippen LogP contribution in [-0.4, -0.2) is 15.7 Å². The summed E-state index contributed by atoms with van der Waals surface area (Å²) in [6, 6.07) is 13.0. The van der Waals surface area contributed by atoms with Gasteiger partial charge in [-0.05, 0) is 48.9 Å². The van der Waals surface area contributed by atoms with Gasteiger partial charge < -0.3 is 9.88 Å². The molecule has 0 spiro atoms. The number of hydrogen-bond acceptors (Lipinski definition) is 4. The predicted octanol–water partition coefficient (Wildman–Crippen LogP) is 4.76. The van der Waals surface area contributed by atoms with Crippen LogP contribution < -0.4 is 10.2 Å². The van der Waals surface area contributed by atoms with Crippen molar-refractivity contribution in [2.24, 2.45) is 7.05 Å². The van der Waals surface area contributed by atoms with Crippen LogP contribution in [0.25, 0.3) is 10.2 Å². The number of carbonyl (C=O) groups excluding carboxylic acids is 1. The fourth-order valence-electron chi connectivity index (χ4n) is 2.43. The van der Waals surface area contributed by atoms with Crippen LogP contribution in [0, 0.1) is 0 Å². The molecule has 3 rings (SSSR count). The second-order valence-electron chi connectivity index (χ2n) is 5.57. The number of fused-ring (bicyclic) bond motifs is 1. The van der Waals surface area contributed by atoms with E-state index in [0.717, 1.165) is 15.1 Å². The van der Waals surface area contributed by atoms with Crippen LogP contribution >= 0.6 is 34.7 Å². The van der Waals surface area contributed by atoms with Gasteiger partial charge in [0.25, 0.3) is 0 Å². The summed E-state index contributed by atoms with van der Waals surface area (Å²) >= 11 is 8.59. The molecule has 1 heterocycles. The molecule has 25 heavy (non-hydrogen) atoms. The van der Waals surface area contributed by atoms with Crippen molar-refractivity contribution in [3.8, 4) is 0 Å². The van der Waals surface area contributed by atoms with Crippen LogP contribution in [0.2, 0.25) is 5.02 Å². The van der Waals surface area contributed by atoms with E-state index >= 15 is 0 Å². The van der Waals surface area contributed by atoms with Gasteiger partial charge in [0.15, 0.2) is 0 Å². The van der Waals surface area contributed by atoms with E-state index in [2.05, 4.69) is 5.32 Å². The number of benzene rings is 2. The minimum absolute atomic E-state index is 0.0109. The molecule has 0 unspecified atom stereocenters. The fourth-order valence-corrected chi connectivity index (χ4v) is 4.43. The van der Waals surface area contributed by atoms with Gasteiger partial charge in [-0.2, -0.15) is 0 Å². The largest absolute Gasteiger partial charge is 0.325 e. The Morgan fingerprint density at radius 2 is 2.00 bits per heavy atom. The maximum absolute atomic E-state index is 12.6. The second-order valence-corrected chi connectivity index (χ2v) is 8.27. The van der Waals surface area contributed by atoms with Gasteiger partial charge in [-0.15, -0.1) is 11.8 Å². The zero-order chi connectivity index (χ0) is 18.0. The van der Waals surface area contributed by atoms with Crippen LogP contribution in [0.15, 0.2) is 52.2 Å². The van der Waals surface area contributed by atoms with Crippen molar-refractivity contribution >= 4 is 56.5 Å². The Bertz CT molecular complexity index is 963. The number of carbonyl (C=O) groups is 1. The molecule has 3 aromatic rings. The highest BCUT2D eigenvalue weighted by molar-refractivity contribution is 8.00. The third-order valence-corrected chi connectivity index (χ3v) is 6.44. The SMILES string of the molecule is CC[C@@H](Sc1ccc(Cl)cc1)C(=O)Nc1ccc2c(c1)sc(=O)n2C. The molecule has 130 valence electrons. The molecule has 0 radical (unpaired) electrons. The fraction of sp³-hybridized carbons (Fsp3) is 0.222. The molecule has 0 bridgehead atoms. The number of aromatic nitrogens is 1. The van der Waals surface area contributed by atoms with Crippen LogP contribution in [-0.2, 0) is 11.8 Å². The van der Waals surface area contributed by atoms with E-state index < -0.39 is 0 Å². The van der Waals surface area contributed by atoms with Gasteiger partial charge in [-0.1, -0.05) is 29.9 Å². The van der Waals surface area contributed by atoms with Gasteiger partial charge in [0.05, 0.1) is 15.5 Å². The van der Waals surface area contributed by atoms with Crippen molar-refractivity contribution in [2.75, 3.05) is 5.32 Å². The first-order valence-corrected chi connectivity index (χ1v) is 9.88. The number of anilines is 1. The number of thiazole rings is 1. The minimum atomic E-state index is -0.202. The number of rotatable bonds is 5. The lowest BCUT2D eigenvalue weighted by Crippen LogP contribution is -2.24. The molecule has 1 amide bonds. The molecule has 0 aliphatic rings. The Balaban J connectivity index is 1.75. The number of nitrogens with one attached hydrogen (secondary N) is 1. The first-order valence-electron chi connectivity index (χ1n) is 7.80. The number of amides is 1. The van der Waals surface area contributed by atoms with E-state index in [9.17, 15) is 9.59 Å². The van der Waals surface area contributed by atoms with E-state index in [1.807, 2.05) is 49.4 Å². The van der Waals surface area contributed by atoms with Crippen molar-refractivity contribution in [2.45, 2.75) is 23.5 Å². The van der Waals surface area contributed by atoms with Gasteiger partial charge in [0, 0.05) is 22.7 Å². The van der Waals surface area contributed by atoms with Gasteiger partial charge in [-0.25, -0.2) is 0 Å². The number of nitrogens with zero attached hydrogens (tertiary/aromatic N) is 1. The molecule has 0 saturated heterocycles. The molecule has 4 nitrogen and oxygen atoms in total. The molecule has 1 aromatic heterocycles. The lowest BCUT2D eigenvalue weighted by molar-refractivity contribution is -0.115. The summed E-state index contributed by atoms with van der Waals surface area (Å²) in [7, 11) is 1.75. The van der Waals surface area contributed by atoms with E-state index in [0.29, 0.717) is 17.1 Å². The molecule has 1 atom stereocenters. The summed E-state index contributed by atoms with van der Waals surface area (Å²) in [5.74, 6) is -0.0509. The molecule has 0 aliphatic carbocycles. The summed E-state index contributed by atoms with van der Waals surface area (Å²) in [5, 5.41) is 3.43. The van der Waals surface area contributed by atoms with Crippen molar-refractivity contribution < 1.29 is 4.79 Å². The van der Waals surface area contributed by atoms with Crippen LogP contribution in [0.1, 0.15) is 13.3 Å². The molecule has 1 N–H and O–H groups in total. The van der Waals surface area contributed by atoms with Gasteiger partial charge in [-0.3, -0.25) is 9.59 Å². The Morgan fingerprint density at radius 3 is 2.68 bits per heavy atom. The summed E-state index contributed by atoms with van der Waals surface area (Å²) in [6.45, 7) is 1.99. The average molecular weight is 393 g/mol. The standard InChI is InChI=1S/C18H17ClN2O2S2/c1-3-15(24-13-7-4-11(19)5-8-13)17(22)20-12-6-9-14-16(10-12)25-18(23)21(14)2/h4-10,15H,3H2,1-2H3,(H,20,22)/t15-/m1/s1. The third kappa shape index (κ3) is 4.08. The summed E-state index contributed by atoms with van der Waals surface area (Å²) < 4.78 is 2.47. The topological polar surface area (TPSA) is 51.1 Å². The quantitative estimate of drug-likeness (QED) is 0.636. The van der Waals surface area contributed by atoms with Crippen LogP contribution in [0.3, 0.4) is 0 Å². The molecule has 2 aromatic carbocycles. The van der Waals surface area contributed by atoms with Crippen LogP contribution in [0.5, 0.6) is 0 Å². The highest BCUT2D eigenvalue weighted by Gasteiger charge is 2.18. The molecular weight excluding hydrogens is 376 g/mol. The van der Waals surface area contributed by atoms with Gasteiger partial charge >= 0.3 is 4.87 Å². The van der Waals surface area contributed by atoms with Crippen molar-refractivity contribution in [1.29, 1.82) is 0 Å². The van der Waals surface area contributed by atoms with Crippen molar-refractivity contribution in [3.63, 3.8) is 0 Å². The molecule has 7 heteroatoms. The third-order valence-electron chi connectivity index (χ3n) is 3.82. The highest BCUT2D eigenvalue weighted by Crippen LogP contribution is 2.28.